The van der Waals surface area contributed by atoms with Crippen LogP contribution in [0.2, 0.25) is 0 Å². The van der Waals surface area contributed by atoms with Gasteiger partial charge in [-0.2, -0.15) is 5.26 Å². The lowest BCUT2D eigenvalue weighted by atomic mass is 10.1. The zero-order valence-corrected chi connectivity index (χ0v) is 20.3. The molecule has 0 aliphatic carbocycles. The molecule has 0 saturated carbocycles. The van der Waals surface area contributed by atoms with Crippen molar-refractivity contribution in [1.29, 1.82) is 5.26 Å². The molecule has 4 aromatic rings. The minimum atomic E-state index is -0.0703. The van der Waals surface area contributed by atoms with Gasteiger partial charge in [0.1, 0.15) is 11.5 Å². The molecule has 2 heterocycles. The Kier molecular flexibility index (Phi) is 7.11. The molecule has 1 aromatic heterocycles. The van der Waals surface area contributed by atoms with E-state index < -0.39 is 0 Å². The van der Waals surface area contributed by atoms with Crippen molar-refractivity contribution in [3.63, 3.8) is 0 Å². The first-order valence-corrected chi connectivity index (χ1v) is 12.5. The number of benzene rings is 3. The normalized spacial score (nSPS) is 15.5. The van der Waals surface area contributed by atoms with E-state index >= 15 is 0 Å². The molecule has 0 spiro atoms. The number of furan rings is 1. The molecule has 1 saturated heterocycles. The number of carbonyl (C=O) groups is 1. The van der Waals surface area contributed by atoms with E-state index in [4.69, 9.17) is 14.7 Å². The van der Waals surface area contributed by atoms with Gasteiger partial charge in [0, 0.05) is 18.2 Å². The summed E-state index contributed by atoms with van der Waals surface area (Å²) in [5.74, 6) is 1.20. The quantitative estimate of drug-likeness (QED) is 0.261. The predicted molar refractivity (Wildman–Crippen MR) is 144 cm³/mol. The first kappa shape index (κ1) is 23.4. The first-order valence-electron chi connectivity index (χ1n) is 11.7. The summed E-state index contributed by atoms with van der Waals surface area (Å²) in [6.07, 6.45) is 3.50. The second-order valence-corrected chi connectivity index (χ2v) is 9.29. The Hall–Kier alpha value is -4.34. The van der Waals surface area contributed by atoms with Gasteiger partial charge in [-0.15, -0.1) is 0 Å². The number of hydrogen-bond donors (Lipinski definition) is 0. The van der Waals surface area contributed by atoms with Crippen LogP contribution in [-0.2, 0) is 11.2 Å². The van der Waals surface area contributed by atoms with Crippen LogP contribution in [0.3, 0.4) is 0 Å². The van der Waals surface area contributed by atoms with Crippen LogP contribution in [0.25, 0.3) is 17.4 Å². The third-order valence-electron chi connectivity index (χ3n) is 5.76. The van der Waals surface area contributed by atoms with Gasteiger partial charge in [-0.25, -0.2) is 4.99 Å². The summed E-state index contributed by atoms with van der Waals surface area (Å²) in [6, 6.07) is 33.0. The summed E-state index contributed by atoms with van der Waals surface area (Å²) in [7, 11) is 0. The van der Waals surface area contributed by atoms with Crippen LogP contribution in [-0.4, -0.2) is 22.5 Å². The van der Waals surface area contributed by atoms with Crippen molar-refractivity contribution < 1.29 is 9.21 Å². The highest BCUT2D eigenvalue weighted by atomic mass is 32.2. The van der Waals surface area contributed by atoms with Crippen molar-refractivity contribution in [3.8, 4) is 17.4 Å². The zero-order chi connectivity index (χ0) is 24.7. The largest absolute Gasteiger partial charge is 0.457 e. The van der Waals surface area contributed by atoms with Crippen LogP contribution in [0.1, 0.15) is 23.3 Å². The first-order chi connectivity index (χ1) is 17.7. The molecule has 0 N–H and O–H groups in total. The van der Waals surface area contributed by atoms with Crippen LogP contribution in [0.15, 0.2) is 111 Å². The summed E-state index contributed by atoms with van der Waals surface area (Å²) in [5.41, 5.74) is 3.53. The van der Waals surface area contributed by atoms with E-state index in [0.717, 1.165) is 24.1 Å². The number of rotatable bonds is 7. The van der Waals surface area contributed by atoms with Crippen molar-refractivity contribution in [3.05, 3.63) is 119 Å². The molecule has 6 heteroatoms. The molecule has 0 radical (unpaired) electrons. The second-order valence-electron chi connectivity index (χ2n) is 8.28. The summed E-state index contributed by atoms with van der Waals surface area (Å²) < 4.78 is 6.00. The van der Waals surface area contributed by atoms with Gasteiger partial charge in [0.05, 0.1) is 22.2 Å². The summed E-state index contributed by atoms with van der Waals surface area (Å²) in [6.45, 7) is 0.582. The molecule has 1 fully saturated rings. The van der Waals surface area contributed by atoms with Gasteiger partial charge in [0.25, 0.3) is 5.91 Å². The van der Waals surface area contributed by atoms with Crippen LogP contribution in [0.4, 0.5) is 5.69 Å². The van der Waals surface area contributed by atoms with Crippen molar-refractivity contribution >= 4 is 34.6 Å². The van der Waals surface area contributed by atoms with Crippen molar-refractivity contribution in [2.75, 3.05) is 6.54 Å². The van der Waals surface area contributed by atoms with Crippen molar-refractivity contribution in [2.24, 2.45) is 4.99 Å². The topological polar surface area (TPSA) is 69.6 Å². The van der Waals surface area contributed by atoms with Gasteiger partial charge >= 0.3 is 0 Å². The molecule has 5 nitrogen and oxygen atoms in total. The lowest BCUT2D eigenvalue weighted by molar-refractivity contribution is -0.122. The number of aliphatic imine (C=N–C) groups is 1. The Morgan fingerprint density at radius 1 is 0.917 bits per heavy atom. The fourth-order valence-electron chi connectivity index (χ4n) is 3.91. The van der Waals surface area contributed by atoms with Gasteiger partial charge in [-0.1, -0.05) is 48.5 Å². The number of nitriles is 1. The summed E-state index contributed by atoms with van der Waals surface area (Å²) in [5, 5.41) is 9.68. The Labute approximate surface area is 214 Å². The minimum Gasteiger partial charge on any atom is -0.457 e. The van der Waals surface area contributed by atoms with Gasteiger partial charge in [-0.05, 0) is 78.7 Å². The number of carbonyl (C=O) groups excluding carboxylic acids is 1. The van der Waals surface area contributed by atoms with E-state index in [-0.39, 0.29) is 5.91 Å². The van der Waals surface area contributed by atoms with E-state index in [9.17, 15) is 4.79 Å². The number of para-hydroxylation sites is 1. The third-order valence-corrected chi connectivity index (χ3v) is 6.76. The molecule has 36 heavy (non-hydrogen) atoms. The third kappa shape index (κ3) is 5.48. The van der Waals surface area contributed by atoms with Crippen molar-refractivity contribution in [2.45, 2.75) is 12.8 Å². The average molecular weight is 490 g/mol. The molecular formula is C30H23N3O2S. The Balaban J connectivity index is 1.37. The predicted octanol–water partition coefficient (Wildman–Crippen LogP) is 7.06. The molecule has 3 aromatic carbocycles. The monoisotopic (exact) mass is 489 g/mol. The van der Waals surface area contributed by atoms with Crippen LogP contribution < -0.4 is 0 Å². The molecule has 0 bridgehead atoms. The number of aryl methyl sites for hydroxylation is 1. The van der Waals surface area contributed by atoms with E-state index in [1.165, 1.54) is 17.3 Å². The maximum Gasteiger partial charge on any atom is 0.266 e. The molecule has 5 rings (SSSR count). The van der Waals surface area contributed by atoms with Gasteiger partial charge in [0.2, 0.25) is 0 Å². The van der Waals surface area contributed by atoms with Gasteiger partial charge < -0.3 is 4.42 Å². The van der Waals surface area contributed by atoms with E-state index in [0.29, 0.717) is 33.7 Å². The Morgan fingerprint density at radius 3 is 2.36 bits per heavy atom. The van der Waals surface area contributed by atoms with E-state index in [1.54, 1.807) is 23.1 Å². The lowest BCUT2D eigenvalue weighted by Gasteiger charge is -2.15. The van der Waals surface area contributed by atoms with Crippen molar-refractivity contribution in [1.82, 2.24) is 4.90 Å². The SMILES string of the molecule is N#Cc1ccc(-c2ccc(/C=C3\SC(=Nc4ccccc4)N(CCCc4ccccc4)C3=O)o2)cc1. The lowest BCUT2D eigenvalue weighted by Crippen LogP contribution is -2.30. The molecular weight excluding hydrogens is 466 g/mol. The average Bonchev–Trinajstić information content (AvgIpc) is 3.50. The van der Waals surface area contributed by atoms with Gasteiger partial charge in [-0.3, -0.25) is 9.69 Å². The van der Waals surface area contributed by atoms with Crippen LogP contribution in [0.5, 0.6) is 0 Å². The number of hydrogen-bond acceptors (Lipinski definition) is 5. The van der Waals surface area contributed by atoms with Crippen LogP contribution in [0, 0.1) is 11.3 Å². The standard InChI is InChI=1S/C30H23N3O2S/c31-21-23-13-15-24(16-14-23)27-18-17-26(35-27)20-28-29(34)33(19-7-10-22-8-3-1-4-9-22)30(36-28)32-25-11-5-2-6-12-25/h1-6,8-9,11-18,20H,7,10,19H2/b28-20-,32-30?. The molecule has 1 aliphatic heterocycles. The second kappa shape index (κ2) is 10.9. The number of amidine groups is 1. The maximum atomic E-state index is 13.4. The number of thioether (sulfide) groups is 1. The highest BCUT2D eigenvalue weighted by Gasteiger charge is 2.33. The fourth-order valence-corrected chi connectivity index (χ4v) is 4.92. The zero-order valence-electron chi connectivity index (χ0n) is 19.5. The molecule has 0 atom stereocenters. The number of amides is 1. The minimum absolute atomic E-state index is 0.0703. The molecule has 1 amide bonds. The Bertz CT molecular complexity index is 1450. The summed E-state index contributed by atoms with van der Waals surface area (Å²) in [4.78, 5) is 20.5. The highest BCUT2D eigenvalue weighted by Crippen LogP contribution is 2.35. The fraction of sp³-hybridized carbons (Fsp3) is 0.100. The molecule has 176 valence electrons. The highest BCUT2D eigenvalue weighted by molar-refractivity contribution is 8.18. The maximum absolute atomic E-state index is 13.4. The smallest absolute Gasteiger partial charge is 0.266 e. The Morgan fingerprint density at radius 2 is 1.64 bits per heavy atom. The van der Waals surface area contributed by atoms with Crippen LogP contribution >= 0.6 is 11.8 Å². The summed E-state index contributed by atoms with van der Waals surface area (Å²) >= 11 is 1.36. The molecule has 0 unspecified atom stereocenters. The number of nitrogens with zero attached hydrogens (tertiary/aromatic N) is 3. The molecule has 1 aliphatic rings. The van der Waals surface area contributed by atoms with E-state index in [2.05, 4.69) is 18.2 Å². The van der Waals surface area contributed by atoms with Gasteiger partial charge in [0.15, 0.2) is 5.17 Å². The van der Waals surface area contributed by atoms with E-state index in [1.807, 2.05) is 72.8 Å².